The smallest absolute Gasteiger partial charge is 0.230 e. The number of carbonyl (C=O) groups excluding carboxylic acids is 1. The van der Waals surface area contributed by atoms with Crippen molar-refractivity contribution in [1.29, 1.82) is 0 Å². The van der Waals surface area contributed by atoms with E-state index in [0.29, 0.717) is 19.1 Å². The molecular weight excluding hydrogens is 290 g/mol. The van der Waals surface area contributed by atoms with Crippen LogP contribution in [-0.2, 0) is 14.3 Å². The summed E-state index contributed by atoms with van der Waals surface area (Å²) in [7, 11) is 0. The van der Waals surface area contributed by atoms with Gasteiger partial charge in [-0.3, -0.25) is 4.79 Å². The van der Waals surface area contributed by atoms with Gasteiger partial charge in [-0.05, 0) is 24.8 Å². The quantitative estimate of drug-likeness (QED) is 0.837. The average Bonchev–Trinajstić information content (AvgIpc) is 3.15. The van der Waals surface area contributed by atoms with Crippen LogP contribution in [0.3, 0.4) is 0 Å². The summed E-state index contributed by atoms with van der Waals surface area (Å²) < 4.78 is 11.2. The Hall–Kier alpha value is -1.39. The molecule has 4 nitrogen and oxygen atoms in total. The molecule has 4 heteroatoms. The summed E-state index contributed by atoms with van der Waals surface area (Å²) in [6, 6.07) is 10.2. The van der Waals surface area contributed by atoms with Crippen LogP contribution in [0.15, 0.2) is 30.3 Å². The summed E-state index contributed by atoms with van der Waals surface area (Å²) in [4.78, 5) is 15.0. The number of likely N-dealkylation sites (tertiary alicyclic amines) is 1. The van der Waals surface area contributed by atoms with E-state index >= 15 is 0 Å². The van der Waals surface area contributed by atoms with Crippen LogP contribution in [0.2, 0.25) is 0 Å². The molecule has 126 valence electrons. The Kier molecular flexibility index (Phi) is 5.68. The lowest BCUT2D eigenvalue weighted by Crippen LogP contribution is -2.43. The van der Waals surface area contributed by atoms with Crippen LogP contribution in [-0.4, -0.2) is 43.4 Å². The van der Waals surface area contributed by atoms with Crippen molar-refractivity contribution in [1.82, 2.24) is 4.90 Å². The first kappa shape index (κ1) is 16.5. The minimum absolute atomic E-state index is 0.00303. The van der Waals surface area contributed by atoms with Gasteiger partial charge in [0.1, 0.15) is 0 Å². The normalized spacial score (nSPS) is 21.5. The molecule has 3 rings (SSSR count). The third kappa shape index (κ3) is 3.93. The van der Waals surface area contributed by atoms with Crippen molar-refractivity contribution in [2.24, 2.45) is 5.92 Å². The highest BCUT2D eigenvalue weighted by molar-refractivity contribution is 5.83. The molecule has 0 radical (unpaired) electrons. The molecule has 1 aromatic rings. The minimum Gasteiger partial charge on any atom is -0.350 e. The lowest BCUT2D eigenvalue weighted by molar-refractivity contribution is -0.138. The lowest BCUT2D eigenvalue weighted by atomic mass is 9.90. The third-order valence-corrected chi connectivity index (χ3v) is 4.96. The SMILES string of the molecule is CCCC(C(=O)N1CCC(C2OCCO2)CC1)c1ccccc1. The Labute approximate surface area is 138 Å². The van der Waals surface area contributed by atoms with Crippen LogP contribution in [0.4, 0.5) is 0 Å². The van der Waals surface area contributed by atoms with Crippen LogP contribution < -0.4 is 0 Å². The fourth-order valence-corrected chi connectivity index (χ4v) is 3.67. The molecule has 1 unspecified atom stereocenters. The number of rotatable bonds is 5. The second-order valence-electron chi connectivity index (χ2n) is 6.52. The van der Waals surface area contributed by atoms with Crippen LogP contribution in [0.25, 0.3) is 0 Å². The Morgan fingerprint density at radius 3 is 2.43 bits per heavy atom. The Morgan fingerprint density at radius 2 is 1.83 bits per heavy atom. The zero-order valence-corrected chi connectivity index (χ0v) is 13.9. The molecule has 2 aliphatic rings. The maximum absolute atomic E-state index is 13.0. The standard InChI is InChI=1S/C19H27NO3/c1-2-6-17(15-7-4-3-5-8-15)18(21)20-11-9-16(10-12-20)19-22-13-14-23-19/h3-5,7-8,16-17,19H,2,6,9-14H2,1H3. The van der Waals surface area contributed by atoms with E-state index in [0.717, 1.165) is 44.3 Å². The Balaban J connectivity index is 1.60. The van der Waals surface area contributed by atoms with Crippen LogP contribution >= 0.6 is 0 Å². The second-order valence-corrected chi connectivity index (χ2v) is 6.52. The van der Waals surface area contributed by atoms with Crippen LogP contribution in [0.1, 0.15) is 44.1 Å². The van der Waals surface area contributed by atoms with Gasteiger partial charge in [0.15, 0.2) is 6.29 Å². The van der Waals surface area contributed by atoms with Crippen molar-refractivity contribution < 1.29 is 14.3 Å². The van der Waals surface area contributed by atoms with Gasteiger partial charge in [0.2, 0.25) is 5.91 Å². The van der Waals surface area contributed by atoms with Crippen molar-refractivity contribution in [3.05, 3.63) is 35.9 Å². The van der Waals surface area contributed by atoms with E-state index in [1.165, 1.54) is 0 Å². The molecule has 1 amide bonds. The highest BCUT2D eigenvalue weighted by Crippen LogP contribution is 2.29. The molecule has 2 heterocycles. The van der Waals surface area contributed by atoms with Gasteiger partial charge in [0.05, 0.1) is 19.1 Å². The minimum atomic E-state index is -0.0483. The summed E-state index contributed by atoms with van der Waals surface area (Å²) in [5.74, 6) is 0.712. The summed E-state index contributed by atoms with van der Waals surface area (Å²) in [6.07, 6.45) is 3.84. The van der Waals surface area contributed by atoms with E-state index in [2.05, 4.69) is 19.1 Å². The molecule has 0 aromatic heterocycles. The van der Waals surface area contributed by atoms with E-state index in [9.17, 15) is 4.79 Å². The van der Waals surface area contributed by atoms with Crippen molar-refractivity contribution in [3.8, 4) is 0 Å². The van der Waals surface area contributed by atoms with Crippen molar-refractivity contribution in [2.45, 2.75) is 44.8 Å². The molecule has 0 saturated carbocycles. The van der Waals surface area contributed by atoms with Gasteiger partial charge in [-0.2, -0.15) is 0 Å². The summed E-state index contributed by atoms with van der Waals surface area (Å²) in [5.41, 5.74) is 1.14. The largest absolute Gasteiger partial charge is 0.350 e. The Morgan fingerprint density at radius 1 is 1.17 bits per heavy atom. The first-order chi connectivity index (χ1) is 11.3. The molecular formula is C19H27NO3. The van der Waals surface area contributed by atoms with Gasteiger partial charge in [0, 0.05) is 19.0 Å². The first-order valence-corrected chi connectivity index (χ1v) is 8.86. The number of benzene rings is 1. The van der Waals surface area contributed by atoms with E-state index < -0.39 is 0 Å². The fourth-order valence-electron chi connectivity index (χ4n) is 3.67. The molecule has 2 saturated heterocycles. The summed E-state index contributed by atoms with van der Waals surface area (Å²) in [5, 5.41) is 0. The highest BCUT2D eigenvalue weighted by Gasteiger charge is 2.33. The molecule has 0 N–H and O–H groups in total. The zero-order chi connectivity index (χ0) is 16.1. The van der Waals surface area contributed by atoms with Gasteiger partial charge in [-0.25, -0.2) is 0 Å². The molecule has 0 aliphatic carbocycles. The summed E-state index contributed by atoms with van der Waals surface area (Å²) >= 11 is 0. The van der Waals surface area contributed by atoms with E-state index in [4.69, 9.17) is 9.47 Å². The molecule has 2 fully saturated rings. The van der Waals surface area contributed by atoms with E-state index in [1.807, 2.05) is 23.1 Å². The molecule has 0 spiro atoms. The van der Waals surface area contributed by atoms with E-state index in [-0.39, 0.29) is 18.1 Å². The molecule has 0 bridgehead atoms. The van der Waals surface area contributed by atoms with Gasteiger partial charge < -0.3 is 14.4 Å². The average molecular weight is 317 g/mol. The number of ether oxygens (including phenoxy) is 2. The van der Waals surface area contributed by atoms with E-state index in [1.54, 1.807) is 0 Å². The maximum atomic E-state index is 13.0. The van der Waals surface area contributed by atoms with Crippen molar-refractivity contribution >= 4 is 5.91 Å². The predicted octanol–water partition coefficient (Wildman–Crippen LogP) is 3.18. The van der Waals surface area contributed by atoms with Crippen LogP contribution in [0.5, 0.6) is 0 Å². The van der Waals surface area contributed by atoms with Crippen molar-refractivity contribution in [2.75, 3.05) is 26.3 Å². The van der Waals surface area contributed by atoms with Gasteiger partial charge in [-0.15, -0.1) is 0 Å². The number of nitrogens with zero attached hydrogens (tertiary/aromatic N) is 1. The molecule has 1 atom stereocenters. The third-order valence-electron chi connectivity index (χ3n) is 4.96. The fraction of sp³-hybridized carbons (Fsp3) is 0.632. The number of carbonyl (C=O) groups is 1. The number of piperidine rings is 1. The molecule has 2 aliphatic heterocycles. The predicted molar refractivity (Wildman–Crippen MR) is 89.1 cm³/mol. The second kappa shape index (κ2) is 7.93. The highest BCUT2D eigenvalue weighted by atomic mass is 16.7. The number of hydrogen-bond donors (Lipinski definition) is 0. The maximum Gasteiger partial charge on any atom is 0.230 e. The first-order valence-electron chi connectivity index (χ1n) is 8.86. The number of hydrogen-bond acceptors (Lipinski definition) is 3. The van der Waals surface area contributed by atoms with Gasteiger partial charge in [0.25, 0.3) is 0 Å². The number of amides is 1. The van der Waals surface area contributed by atoms with Crippen molar-refractivity contribution in [3.63, 3.8) is 0 Å². The summed E-state index contributed by atoms with van der Waals surface area (Å²) in [6.45, 7) is 5.19. The van der Waals surface area contributed by atoms with Gasteiger partial charge in [-0.1, -0.05) is 43.7 Å². The zero-order valence-electron chi connectivity index (χ0n) is 13.9. The topological polar surface area (TPSA) is 38.8 Å². The lowest BCUT2D eigenvalue weighted by Gasteiger charge is -2.35. The van der Waals surface area contributed by atoms with Crippen LogP contribution in [0, 0.1) is 5.92 Å². The monoisotopic (exact) mass is 317 g/mol. The Bertz CT molecular complexity index is 491. The van der Waals surface area contributed by atoms with Gasteiger partial charge >= 0.3 is 0 Å². The molecule has 23 heavy (non-hydrogen) atoms. The molecule has 1 aromatic carbocycles.